The van der Waals surface area contributed by atoms with Gasteiger partial charge in [-0.3, -0.25) is 4.98 Å². The van der Waals surface area contributed by atoms with Gasteiger partial charge in [-0.05, 0) is 12.2 Å². The molecular weight excluding hydrogens is 290 g/mol. The summed E-state index contributed by atoms with van der Waals surface area (Å²) in [6.45, 7) is 0.569. The number of primary amides is 1. The van der Waals surface area contributed by atoms with Crippen LogP contribution in [0.15, 0.2) is 35.0 Å². The zero-order valence-electron chi connectivity index (χ0n) is 11.5. The fourth-order valence-corrected chi connectivity index (χ4v) is 2.26. The Morgan fingerprint density at radius 2 is 2.41 bits per heavy atom. The number of carbonyl (C=O) groups is 1. The molecule has 2 aliphatic rings. The number of anilines is 1. The van der Waals surface area contributed by atoms with Crippen molar-refractivity contribution in [3.63, 3.8) is 0 Å². The SMILES string of the molecule is NC(=O)NCCOC1=CC=CC2Oc3cnc(=O)[nH]c3NC12. The van der Waals surface area contributed by atoms with E-state index in [1.165, 1.54) is 6.20 Å². The minimum Gasteiger partial charge on any atom is -0.494 e. The number of aromatic amines is 1. The third kappa shape index (κ3) is 2.87. The minimum atomic E-state index is -0.600. The molecule has 9 heteroatoms. The molecule has 116 valence electrons. The first-order valence-electron chi connectivity index (χ1n) is 6.70. The summed E-state index contributed by atoms with van der Waals surface area (Å²) < 4.78 is 11.4. The minimum absolute atomic E-state index is 0.271. The van der Waals surface area contributed by atoms with E-state index in [1.54, 1.807) is 6.08 Å². The lowest BCUT2D eigenvalue weighted by molar-refractivity contribution is 0.147. The van der Waals surface area contributed by atoms with Crippen molar-refractivity contribution in [1.82, 2.24) is 15.3 Å². The quantitative estimate of drug-likeness (QED) is 0.552. The summed E-state index contributed by atoms with van der Waals surface area (Å²) in [5, 5.41) is 5.60. The summed E-state index contributed by atoms with van der Waals surface area (Å²) in [6.07, 6.45) is 6.60. The van der Waals surface area contributed by atoms with Gasteiger partial charge >= 0.3 is 11.7 Å². The molecule has 1 aliphatic heterocycles. The number of nitrogens with two attached hydrogens (primary N) is 1. The summed E-state index contributed by atoms with van der Waals surface area (Å²) in [5.41, 5.74) is 4.52. The van der Waals surface area contributed by atoms with Gasteiger partial charge < -0.3 is 25.8 Å². The number of nitrogens with zero attached hydrogens (tertiary/aromatic N) is 1. The van der Waals surface area contributed by atoms with Crippen LogP contribution in [0.1, 0.15) is 0 Å². The van der Waals surface area contributed by atoms with Crippen molar-refractivity contribution in [3.8, 4) is 5.75 Å². The van der Waals surface area contributed by atoms with Gasteiger partial charge in [0.25, 0.3) is 0 Å². The molecule has 22 heavy (non-hydrogen) atoms. The third-order valence-corrected chi connectivity index (χ3v) is 3.21. The molecule has 2 unspecified atom stereocenters. The highest BCUT2D eigenvalue weighted by atomic mass is 16.5. The number of aromatic nitrogens is 2. The number of amides is 2. The van der Waals surface area contributed by atoms with Gasteiger partial charge in [0.05, 0.1) is 12.7 Å². The Balaban J connectivity index is 1.69. The van der Waals surface area contributed by atoms with Crippen LogP contribution in [0.4, 0.5) is 10.6 Å². The maximum atomic E-state index is 11.3. The molecule has 1 aromatic rings. The van der Waals surface area contributed by atoms with Crippen LogP contribution in [0, 0.1) is 0 Å². The van der Waals surface area contributed by atoms with Gasteiger partial charge in [-0.1, -0.05) is 6.08 Å². The van der Waals surface area contributed by atoms with Gasteiger partial charge in [0.2, 0.25) is 0 Å². The number of ether oxygens (including phenoxy) is 2. The molecule has 0 bridgehead atoms. The lowest BCUT2D eigenvalue weighted by Gasteiger charge is -2.35. The molecule has 0 fully saturated rings. The first-order chi connectivity index (χ1) is 10.6. The Kier molecular flexibility index (Phi) is 3.69. The van der Waals surface area contributed by atoms with Crippen LogP contribution in [-0.2, 0) is 4.74 Å². The monoisotopic (exact) mass is 305 g/mol. The first kappa shape index (κ1) is 14.0. The van der Waals surface area contributed by atoms with Gasteiger partial charge in [0.1, 0.15) is 24.5 Å². The smallest absolute Gasteiger partial charge is 0.346 e. The van der Waals surface area contributed by atoms with E-state index < -0.39 is 11.7 Å². The molecule has 0 saturated heterocycles. The van der Waals surface area contributed by atoms with Crippen molar-refractivity contribution in [2.45, 2.75) is 12.1 Å². The van der Waals surface area contributed by atoms with Crippen molar-refractivity contribution in [1.29, 1.82) is 0 Å². The van der Waals surface area contributed by atoms with Crippen molar-refractivity contribution in [2.24, 2.45) is 5.73 Å². The predicted molar refractivity (Wildman–Crippen MR) is 77.4 cm³/mol. The summed E-state index contributed by atoms with van der Waals surface area (Å²) in [7, 11) is 0. The summed E-state index contributed by atoms with van der Waals surface area (Å²) >= 11 is 0. The van der Waals surface area contributed by atoms with E-state index in [-0.39, 0.29) is 18.8 Å². The molecule has 0 spiro atoms. The molecule has 3 rings (SSSR count). The molecule has 5 N–H and O–H groups in total. The van der Waals surface area contributed by atoms with E-state index in [1.807, 2.05) is 12.2 Å². The van der Waals surface area contributed by atoms with Crippen molar-refractivity contribution in [2.75, 3.05) is 18.5 Å². The van der Waals surface area contributed by atoms with Crippen molar-refractivity contribution in [3.05, 3.63) is 40.7 Å². The number of H-pyrrole nitrogens is 1. The van der Waals surface area contributed by atoms with Crippen molar-refractivity contribution < 1.29 is 14.3 Å². The van der Waals surface area contributed by atoms with Crippen LogP contribution in [0.3, 0.4) is 0 Å². The Bertz CT molecular complexity index is 696. The summed E-state index contributed by atoms with van der Waals surface area (Å²) in [5.74, 6) is 1.57. The van der Waals surface area contributed by atoms with Crippen molar-refractivity contribution >= 4 is 11.8 Å². The molecule has 0 saturated carbocycles. The topological polar surface area (TPSA) is 131 Å². The highest BCUT2D eigenvalue weighted by Crippen LogP contribution is 2.32. The van der Waals surface area contributed by atoms with E-state index >= 15 is 0 Å². The van der Waals surface area contributed by atoms with Crippen LogP contribution in [-0.4, -0.2) is 41.3 Å². The van der Waals surface area contributed by atoms with E-state index in [2.05, 4.69) is 20.6 Å². The zero-order valence-corrected chi connectivity index (χ0v) is 11.5. The van der Waals surface area contributed by atoms with Crippen LogP contribution < -0.4 is 26.8 Å². The van der Waals surface area contributed by atoms with E-state index in [9.17, 15) is 9.59 Å². The van der Waals surface area contributed by atoms with Gasteiger partial charge in [0, 0.05) is 0 Å². The number of urea groups is 1. The van der Waals surface area contributed by atoms with Crippen LogP contribution in [0.5, 0.6) is 5.75 Å². The average molecular weight is 305 g/mol. The normalized spacial score (nSPS) is 21.5. The fraction of sp³-hybridized carbons (Fsp3) is 0.308. The highest BCUT2D eigenvalue weighted by Gasteiger charge is 2.34. The first-order valence-corrected chi connectivity index (χ1v) is 6.70. The highest BCUT2D eigenvalue weighted by molar-refractivity contribution is 5.71. The molecular formula is C13H15N5O4. The van der Waals surface area contributed by atoms with Crippen LogP contribution in [0.2, 0.25) is 0 Å². The maximum absolute atomic E-state index is 11.3. The number of allylic oxidation sites excluding steroid dienone is 2. The Morgan fingerprint density at radius 1 is 1.55 bits per heavy atom. The molecule has 0 aromatic carbocycles. The number of hydrogen-bond acceptors (Lipinski definition) is 6. The average Bonchev–Trinajstić information content (AvgIpc) is 2.49. The third-order valence-electron chi connectivity index (χ3n) is 3.21. The Hall–Kier alpha value is -2.97. The maximum Gasteiger partial charge on any atom is 0.346 e. The Morgan fingerprint density at radius 3 is 3.23 bits per heavy atom. The standard InChI is InChI=1S/C13H15N5O4/c14-12(19)15-4-5-21-7-2-1-3-8-10(7)17-11-9(22-8)6-16-13(20)18-11/h1-3,6,8,10H,4-5H2,(H3,14,15,19)(H2,16,17,18,20). The lowest BCUT2D eigenvalue weighted by Crippen LogP contribution is -2.44. The lowest BCUT2D eigenvalue weighted by atomic mass is 10.0. The molecule has 1 aliphatic carbocycles. The largest absolute Gasteiger partial charge is 0.494 e. The second kappa shape index (κ2) is 5.80. The Labute approximate surface area is 125 Å². The molecule has 2 atom stereocenters. The van der Waals surface area contributed by atoms with Gasteiger partial charge in [-0.15, -0.1) is 0 Å². The molecule has 2 amide bonds. The number of carbonyl (C=O) groups excluding carboxylic acids is 1. The summed E-state index contributed by atoms with van der Waals surface area (Å²) in [6, 6.07) is -0.874. The molecule has 2 heterocycles. The predicted octanol–water partition coefficient (Wildman–Crippen LogP) is -0.550. The van der Waals surface area contributed by atoms with E-state index in [0.29, 0.717) is 23.9 Å². The number of fused-ring (bicyclic) bond motifs is 2. The van der Waals surface area contributed by atoms with Gasteiger partial charge in [-0.25, -0.2) is 9.59 Å². The number of hydrogen-bond donors (Lipinski definition) is 4. The number of rotatable bonds is 4. The summed E-state index contributed by atoms with van der Waals surface area (Å²) in [4.78, 5) is 28.1. The number of nitrogens with one attached hydrogen (secondary N) is 3. The van der Waals surface area contributed by atoms with Crippen LogP contribution in [0.25, 0.3) is 0 Å². The molecule has 1 aromatic heterocycles. The van der Waals surface area contributed by atoms with Crippen LogP contribution >= 0.6 is 0 Å². The molecule has 0 radical (unpaired) electrons. The fourth-order valence-electron chi connectivity index (χ4n) is 2.26. The second-order valence-electron chi connectivity index (χ2n) is 4.73. The van der Waals surface area contributed by atoms with Gasteiger partial charge in [0.15, 0.2) is 11.6 Å². The zero-order chi connectivity index (χ0) is 15.5. The van der Waals surface area contributed by atoms with E-state index in [0.717, 1.165) is 0 Å². The molecule has 9 nitrogen and oxygen atoms in total. The van der Waals surface area contributed by atoms with Gasteiger partial charge in [-0.2, -0.15) is 4.98 Å². The van der Waals surface area contributed by atoms with E-state index in [4.69, 9.17) is 15.2 Å². The second-order valence-corrected chi connectivity index (χ2v) is 4.73.